The number of rotatable bonds is 2. The van der Waals surface area contributed by atoms with Gasteiger partial charge in [0.05, 0.1) is 0 Å². The van der Waals surface area contributed by atoms with Crippen molar-refractivity contribution in [1.29, 1.82) is 0 Å². The summed E-state index contributed by atoms with van der Waals surface area (Å²) in [6, 6.07) is 0. The summed E-state index contributed by atoms with van der Waals surface area (Å²) >= 11 is -3.11. The van der Waals surface area contributed by atoms with Crippen molar-refractivity contribution in [1.82, 2.24) is 0 Å². The molecule has 0 saturated heterocycles. The van der Waals surface area contributed by atoms with Gasteiger partial charge in [0.1, 0.15) is 0 Å². The molecule has 0 radical (unpaired) electrons. The summed E-state index contributed by atoms with van der Waals surface area (Å²) in [6.45, 7) is 2.40. The van der Waals surface area contributed by atoms with E-state index >= 15 is 0 Å². The third kappa shape index (κ3) is 52.2. The number of hydrogen-bond acceptors (Lipinski definition) is 1. The van der Waals surface area contributed by atoms with Crippen molar-refractivity contribution in [2.75, 3.05) is 6.61 Å². The molecule has 0 rings (SSSR count). The van der Waals surface area contributed by atoms with Crippen LogP contribution in [0.15, 0.2) is 0 Å². The first-order chi connectivity index (χ1) is 4.41. The molecular weight excluding hydrogens is 254 g/mol. The molecule has 0 bridgehead atoms. The Morgan fingerprint density at radius 3 is 1.50 bits per heavy atom. The third-order valence-electron chi connectivity index (χ3n) is 0.512. The Morgan fingerprint density at radius 2 is 1.50 bits per heavy atom. The molecule has 0 aromatic rings. The number of aliphatic hydroxyl groups excluding tert-OH is 1. The van der Waals surface area contributed by atoms with Gasteiger partial charge in [-0.15, -0.1) is 0 Å². The quantitative estimate of drug-likeness (QED) is 0.756. The fourth-order valence-corrected chi connectivity index (χ4v) is 0.158. The third-order valence-corrected chi connectivity index (χ3v) is 0.512. The number of halogens is 4. The molecule has 1 nitrogen and oxygen atoms in total. The van der Waals surface area contributed by atoms with E-state index in [1.165, 1.54) is 0 Å². The zero-order valence-corrected chi connectivity index (χ0v) is 10.2. The monoisotopic (exact) mass is 262 g/mol. The van der Waals surface area contributed by atoms with Crippen LogP contribution in [0.3, 0.4) is 0 Å². The maximum atomic E-state index is 8.07. The van der Waals surface area contributed by atoms with Gasteiger partial charge >= 0.3 is 49.6 Å². The molecule has 0 aliphatic heterocycles. The normalized spacial score (nSPS) is 10.2. The van der Waals surface area contributed by atoms with Gasteiger partial charge in [0.15, 0.2) is 0 Å². The summed E-state index contributed by atoms with van der Waals surface area (Å²) in [4.78, 5) is 0. The second-order valence-corrected chi connectivity index (χ2v) is 17.0. The number of unbranched alkanes of at least 4 members (excludes halogenated alkanes) is 1. The molecular formula is C4H10Cl4OTi. The van der Waals surface area contributed by atoms with Crippen LogP contribution in [-0.4, -0.2) is 11.7 Å². The second-order valence-electron chi connectivity index (χ2n) is 1.51. The van der Waals surface area contributed by atoms with Gasteiger partial charge in [0, 0.05) is 6.61 Å². The molecule has 0 aromatic carbocycles. The van der Waals surface area contributed by atoms with Crippen molar-refractivity contribution in [2.24, 2.45) is 0 Å². The Balaban J connectivity index is 0. The van der Waals surface area contributed by atoms with Gasteiger partial charge in [-0.1, -0.05) is 13.3 Å². The van der Waals surface area contributed by atoms with E-state index in [0.29, 0.717) is 6.61 Å². The number of aliphatic hydroxyl groups is 1. The first kappa shape index (κ1) is 14.4. The molecule has 0 saturated carbocycles. The molecule has 0 fully saturated rings. The van der Waals surface area contributed by atoms with E-state index in [-0.39, 0.29) is 0 Å². The Hall–Kier alpha value is 1.83. The van der Waals surface area contributed by atoms with Crippen molar-refractivity contribution in [3.05, 3.63) is 0 Å². The molecule has 6 heteroatoms. The molecule has 0 spiro atoms. The van der Waals surface area contributed by atoms with Crippen LogP contribution in [0.1, 0.15) is 19.8 Å². The standard InChI is InChI=1S/C4H10O.4ClH.Ti/c1-2-3-4-5;;;;;/h5H,2-4H2,1H3;4*1H;/q;;;;;+4/p-4. The molecule has 0 aromatic heterocycles. The summed E-state index contributed by atoms with van der Waals surface area (Å²) in [5.74, 6) is 0. The van der Waals surface area contributed by atoms with Crippen LogP contribution in [0.5, 0.6) is 0 Å². The summed E-state index contributed by atoms with van der Waals surface area (Å²) < 4.78 is 0. The average molecular weight is 264 g/mol. The summed E-state index contributed by atoms with van der Waals surface area (Å²) in [6.07, 6.45) is 2.04. The van der Waals surface area contributed by atoms with Crippen LogP contribution in [0.2, 0.25) is 0 Å². The van der Waals surface area contributed by atoms with Crippen LogP contribution in [0.25, 0.3) is 0 Å². The van der Waals surface area contributed by atoms with E-state index in [0.717, 1.165) is 12.8 Å². The first-order valence-electron chi connectivity index (χ1n) is 2.78. The van der Waals surface area contributed by atoms with Crippen LogP contribution >= 0.6 is 37.2 Å². The zero-order chi connectivity index (χ0) is 8.62. The van der Waals surface area contributed by atoms with Crippen molar-refractivity contribution in [3.8, 4) is 0 Å². The fraction of sp³-hybridized carbons (Fsp3) is 1.00. The van der Waals surface area contributed by atoms with Crippen LogP contribution in [0, 0.1) is 0 Å². The Bertz CT molecular complexity index is 56.8. The summed E-state index contributed by atoms with van der Waals surface area (Å²) in [5.41, 5.74) is 0. The Labute approximate surface area is 80.5 Å². The fourth-order valence-electron chi connectivity index (χ4n) is 0.158. The van der Waals surface area contributed by atoms with Crippen molar-refractivity contribution in [2.45, 2.75) is 19.8 Å². The van der Waals surface area contributed by atoms with E-state index in [4.69, 9.17) is 42.3 Å². The summed E-state index contributed by atoms with van der Waals surface area (Å²) in [5, 5.41) is 8.07. The van der Waals surface area contributed by atoms with E-state index < -0.39 is 12.3 Å². The predicted octanol–water partition coefficient (Wildman–Crippen LogP) is 3.53. The molecule has 0 aliphatic rings. The van der Waals surface area contributed by atoms with Crippen LogP contribution in [-0.2, 0) is 12.3 Å². The van der Waals surface area contributed by atoms with E-state index in [2.05, 4.69) is 6.92 Å². The molecule has 1 N–H and O–H groups in total. The van der Waals surface area contributed by atoms with E-state index in [1.807, 2.05) is 0 Å². The molecule has 0 aliphatic carbocycles. The van der Waals surface area contributed by atoms with Crippen molar-refractivity contribution in [3.63, 3.8) is 0 Å². The minimum atomic E-state index is -3.11. The minimum absolute atomic E-state index is 0.344. The second kappa shape index (κ2) is 8.93. The van der Waals surface area contributed by atoms with E-state index in [1.54, 1.807) is 0 Å². The maximum absolute atomic E-state index is 8.07. The molecule has 0 unspecified atom stereocenters. The number of hydrogen-bond donors (Lipinski definition) is 1. The van der Waals surface area contributed by atoms with Crippen molar-refractivity contribution < 1.29 is 17.5 Å². The van der Waals surface area contributed by atoms with Crippen LogP contribution < -0.4 is 0 Å². The first-order valence-corrected chi connectivity index (χ1v) is 11.4. The summed E-state index contributed by atoms with van der Waals surface area (Å²) in [7, 11) is 20.1. The van der Waals surface area contributed by atoms with Gasteiger partial charge in [0.2, 0.25) is 0 Å². The predicted molar refractivity (Wildman–Crippen MR) is 45.4 cm³/mol. The molecule has 0 atom stereocenters. The van der Waals surface area contributed by atoms with Gasteiger partial charge in [-0.2, -0.15) is 0 Å². The Kier molecular flexibility index (Phi) is 12.8. The van der Waals surface area contributed by atoms with Gasteiger partial charge in [0.25, 0.3) is 0 Å². The molecule has 0 heterocycles. The van der Waals surface area contributed by atoms with Crippen molar-refractivity contribution >= 4 is 37.2 Å². The Morgan fingerprint density at radius 1 is 1.20 bits per heavy atom. The molecule has 0 amide bonds. The van der Waals surface area contributed by atoms with E-state index in [9.17, 15) is 0 Å². The van der Waals surface area contributed by atoms with Gasteiger partial charge in [-0.05, 0) is 6.42 Å². The van der Waals surface area contributed by atoms with Gasteiger partial charge in [-0.3, -0.25) is 0 Å². The SMILES string of the molecule is CCCCO.[Cl][Ti]([Cl])([Cl])[Cl]. The van der Waals surface area contributed by atoms with Gasteiger partial charge in [-0.25, -0.2) is 0 Å². The molecule has 10 heavy (non-hydrogen) atoms. The molecule has 64 valence electrons. The average Bonchev–Trinajstić information content (AvgIpc) is 1.63. The van der Waals surface area contributed by atoms with Crippen LogP contribution in [0.4, 0.5) is 0 Å². The van der Waals surface area contributed by atoms with Gasteiger partial charge < -0.3 is 5.11 Å². The zero-order valence-electron chi connectivity index (χ0n) is 5.58. The topological polar surface area (TPSA) is 20.2 Å².